The molecule has 2 aromatic heterocycles. The molecule has 0 spiro atoms. The van der Waals surface area contributed by atoms with Crippen molar-refractivity contribution in [2.45, 2.75) is 26.8 Å². The molecule has 0 saturated heterocycles. The summed E-state index contributed by atoms with van der Waals surface area (Å²) in [4.78, 5) is 9.02. The van der Waals surface area contributed by atoms with E-state index in [2.05, 4.69) is 21.4 Å². The van der Waals surface area contributed by atoms with Gasteiger partial charge in [-0.3, -0.25) is 0 Å². The summed E-state index contributed by atoms with van der Waals surface area (Å²) in [5, 5.41) is 5.04. The van der Waals surface area contributed by atoms with Crippen molar-refractivity contribution in [3.05, 3.63) is 39.7 Å². The molecule has 2 aromatic rings. The van der Waals surface area contributed by atoms with E-state index in [-0.39, 0.29) is 11.6 Å². The van der Waals surface area contributed by atoms with Crippen molar-refractivity contribution in [3.8, 4) is 0 Å². The molecule has 2 rings (SSSR count). The maximum atomic E-state index is 13.8. The third-order valence-corrected chi connectivity index (χ3v) is 3.60. The van der Waals surface area contributed by atoms with Crippen LogP contribution in [-0.2, 0) is 13.0 Å². The number of hydrogen-bond donors (Lipinski definition) is 1. The molecule has 90 valence electrons. The molecule has 0 aliphatic carbocycles. The molecule has 0 aromatic carbocycles. The highest BCUT2D eigenvalue weighted by molar-refractivity contribution is 7.10. The molecule has 0 atom stereocenters. The lowest BCUT2D eigenvalue weighted by Crippen LogP contribution is -2.06. The minimum Gasteiger partial charge on any atom is -0.363 e. The van der Waals surface area contributed by atoms with E-state index in [0.29, 0.717) is 18.7 Å². The van der Waals surface area contributed by atoms with Crippen molar-refractivity contribution < 1.29 is 4.39 Å². The number of halogens is 1. The Morgan fingerprint density at radius 2 is 2.24 bits per heavy atom. The van der Waals surface area contributed by atoms with Gasteiger partial charge in [-0.05, 0) is 30.4 Å². The van der Waals surface area contributed by atoms with E-state index in [1.54, 1.807) is 11.3 Å². The van der Waals surface area contributed by atoms with Gasteiger partial charge in [-0.15, -0.1) is 11.3 Å². The molecule has 3 nitrogen and oxygen atoms in total. The topological polar surface area (TPSA) is 37.8 Å². The predicted octanol–water partition coefficient (Wildman–Crippen LogP) is 3.16. The summed E-state index contributed by atoms with van der Waals surface area (Å²) in [6, 6.07) is 2.05. The Labute approximate surface area is 104 Å². The summed E-state index contributed by atoms with van der Waals surface area (Å²) in [7, 11) is 0. The quantitative estimate of drug-likeness (QED) is 0.907. The molecule has 5 heteroatoms. The van der Waals surface area contributed by atoms with Crippen molar-refractivity contribution in [2.75, 3.05) is 5.32 Å². The number of hydrogen-bond acceptors (Lipinski definition) is 4. The molecule has 2 heterocycles. The zero-order chi connectivity index (χ0) is 12.3. The average Bonchev–Trinajstić information content (AvgIpc) is 2.74. The fourth-order valence-electron chi connectivity index (χ4n) is 1.53. The highest BCUT2D eigenvalue weighted by atomic mass is 32.1. The lowest BCUT2D eigenvalue weighted by Gasteiger charge is -2.07. The predicted molar refractivity (Wildman–Crippen MR) is 67.8 cm³/mol. The summed E-state index contributed by atoms with van der Waals surface area (Å²) in [5.74, 6) is -0.0612. The van der Waals surface area contributed by atoms with Gasteiger partial charge in [0.1, 0.15) is 6.33 Å². The van der Waals surface area contributed by atoms with Gasteiger partial charge in [-0.25, -0.2) is 14.4 Å². The normalized spacial score (nSPS) is 10.5. The third-order valence-electron chi connectivity index (χ3n) is 2.58. The van der Waals surface area contributed by atoms with Gasteiger partial charge in [0.2, 0.25) is 0 Å². The number of nitrogens with one attached hydrogen (secondary N) is 1. The Morgan fingerprint density at radius 1 is 1.41 bits per heavy atom. The molecule has 0 saturated carbocycles. The van der Waals surface area contributed by atoms with E-state index in [1.807, 2.05) is 19.2 Å². The first-order valence-electron chi connectivity index (χ1n) is 5.48. The van der Waals surface area contributed by atoms with E-state index in [1.165, 1.54) is 16.8 Å². The van der Waals surface area contributed by atoms with Gasteiger partial charge < -0.3 is 5.32 Å². The van der Waals surface area contributed by atoms with Gasteiger partial charge in [-0.1, -0.05) is 6.92 Å². The van der Waals surface area contributed by atoms with Gasteiger partial charge in [0.05, 0.1) is 12.2 Å². The number of aryl methyl sites for hydroxylation is 2. The summed E-state index contributed by atoms with van der Waals surface area (Å²) in [6.07, 6.45) is 1.96. The van der Waals surface area contributed by atoms with E-state index in [4.69, 9.17) is 0 Å². The second kappa shape index (κ2) is 5.23. The first kappa shape index (κ1) is 12.0. The van der Waals surface area contributed by atoms with E-state index >= 15 is 0 Å². The van der Waals surface area contributed by atoms with Crippen molar-refractivity contribution >= 4 is 17.2 Å². The SMILES string of the molecule is CCc1ncnc(NCc2sccc2C)c1F. The lowest BCUT2D eigenvalue weighted by molar-refractivity contribution is 0.596. The molecule has 0 aliphatic rings. The van der Waals surface area contributed by atoms with Crippen molar-refractivity contribution in [3.63, 3.8) is 0 Å². The fourth-order valence-corrected chi connectivity index (χ4v) is 2.37. The molecule has 0 bridgehead atoms. The van der Waals surface area contributed by atoms with Crippen molar-refractivity contribution in [2.24, 2.45) is 0 Å². The van der Waals surface area contributed by atoms with Crippen LogP contribution in [0, 0.1) is 12.7 Å². The van der Waals surface area contributed by atoms with E-state index < -0.39 is 0 Å². The second-order valence-electron chi connectivity index (χ2n) is 3.72. The van der Waals surface area contributed by atoms with Crippen LogP contribution < -0.4 is 5.32 Å². The Morgan fingerprint density at radius 3 is 2.88 bits per heavy atom. The molecule has 0 unspecified atom stereocenters. The molecule has 1 N–H and O–H groups in total. The lowest BCUT2D eigenvalue weighted by atomic mass is 10.3. The Bertz CT molecular complexity index is 510. The molecule has 0 amide bonds. The summed E-state index contributed by atoms with van der Waals surface area (Å²) in [5.41, 5.74) is 1.66. The van der Waals surface area contributed by atoms with Crippen LogP contribution in [0.5, 0.6) is 0 Å². The minimum absolute atomic E-state index is 0.282. The first-order valence-corrected chi connectivity index (χ1v) is 6.36. The summed E-state index contributed by atoms with van der Waals surface area (Å²) in [6.45, 7) is 4.51. The largest absolute Gasteiger partial charge is 0.363 e. The molecule has 17 heavy (non-hydrogen) atoms. The smallest absolute Gasteiger partial charge is 0.186 e. The highest BCUT2D eigenvalue weighted by Gasteiger charge is 2.09. The van der Waals surface area contributed by atoms with Crippen molar-refractivity contribution in [1.82, 2.24) is 9.97 Å². The first-order chi connectivity index (χ1) is 8.22. The number of aromatic nitrogens is 2. The van der Waals surface area contributed by atoms with Crippen LogP contribution in [0.1, 0.15) is 23.1 Å². The average molecular weight is 251 g/mol. The van der Waals surface area contributed by atoms with Gasteiger partial charge in [0.25, 0.3) is 0 Å². The van der Waals surface area contributed by atoms with Crippen LogP contribution in [0.2, 0.25) is 0 Å². The fraction of sp³-hybridized carbons (Fsp3) is 0.333. The zero-order valence-corrected chi connectivity index (χ0v) is 10.6. The minimum atomic E-state index is -0.343. The van der Waals surface area contributed by atoms with Gasteiger partial charge in [0.15, 0.2) is 11.6 Å². The molecular weight excluding hydrogens is 237 g/mol. The second-order valence-corrected chi connectivity index (χ2v) is 4.72. The Kier molecular flexibility index (Phi) is 3.68. The molecule has 0 aliphatic heterocycles. The maximum absolute atomic E-state index is 13.8. The molecule has 0 fully saturated rings. The van der Waals surface area contributed by atoms with Gasteiger partial charge >= 0.3 is 0 Å². The summed E-state index contributed by atoms with van der Waals surface area (Å²) < 4.78 is 13.8. The number of anilines is 1. The van der Waals surface area contributed by atoms with Crippen LogP contribution >= 0.6 is 11.3 Å². The van der Waals surface area contributed by atoms with E-state index in [0.717, 1.165) is 0 Å². The number of thiophene rings is 1. The van der Waals surface area contributed by atoms with Crippen LogP contribution in [0.4, 0.5) is 10.2 Å². The molecular formula is C12H14FN3S. The highest BCUT2D eigenvalue weighted by Crippen LogP contribution is 2.19. The van der Waals surface area contributed by atoms with Crippen LogP contribution in [-0.4, -0.2) is 9.97 Å². The van der Waals surface area contributed by atoms with Gasteiger partial charge in [0, 0.05) is 4.88 Å². The van der Waals surface area contributed by atoms with Crippen LogP contribution in [0.3, 0.4) is 0 Å². The standard InChI is InChI=1S/C12H14FN3S/c1-3-9-11(13)12(16-7-15-9)14-6-10-8(2)4-5-17-10/h4-5,7H,3,6H2,1-2H3,(H,14,15,16). The zero-order valence-electron chi connectivity index (χ0n) is 9.83. The van der Waals surface area contributed by atoms with Crippen molar-refractivity contribution in [1.29, 1.82) is 0 Å². The van der Waals surface area contributed by atoms with Crippen LogP contribution in [0.25, 0.3) is 0 Å². The molecule has 0 radical (unpaired) electrons. The number of rotatable bonds is 4. The Balaban J connectivity index is 2.12. The number of nitrogens with zero attached hydrogens (tertiary/aromatic N) is 2. The van der Waals surface area contributed by atoms with Crippen LogP contribution in [0.15, 0.2) is 17.8 Å². The van der Waals surface area contributed by atoms with Gasteiger partial charge in [-0.2, -0.15) is 0 Å². The third kappa shape index (κ3) is 2.61. The van der Waals surface area contributed by atoms with E-state index in [9.17, 15) is 4.39 Å². The monoisotopic (exact) mass is 251 g/mol. The Hall–Kier alpha value is -1.49. The maximum Gasteiger partial charge on any atom is 0.186 e. The summed E-state index contributed by atoms with van der Waals surface area (Å²) >= 11 is 1.66.